The molecule has 18 heavy (non-hydrogen) atoms. The van der Waals surface area contributed by atoms with Crippen LogP contribution in [0.25, 0.3) is 0 Å². The third kappa shape index (κ3) is 3.34. The molecule has 94 valence electrons. The average molecular weight is 241 g/mol. The SMILES string of the molecule is CNC(COc1ccccc1)c1cccc(C)c1. The Morgan fingerprint density at radius 2 is 1.83 bits per heavy atom. The molecule has 0 saturated carbocycles. The summed E-state index contributed by atoms with van der Waals surface area (Å²) in [4.78, 5) is 0. The molecule has 0 aromatic heterocycles. The third-order valence-corrected chi connectivity index (χ3v) is 2.95. The van der Waals surface area contributed by atoms with E-state index in [1.807, 2.05) is 37.4 Å². The van der Waals surface area contributed by atoms with Gasteiger partial charge in [0.25, 0.3) is 0 Å². The minimum Gasteiger partial charge on any atom is -0.492 e. The van der Waals surface area contributed by atoms with Gasteiger partial charge in [0.15, 0.2) is 0 Å². The average Bonchev–Trinajstić information content (AvgIpc) is 2.41. The maximum atomic E-state index is 5.79. The molecule has 2 aromatic rings. The predicted octanol–water partition coefficient (Wildman–Crippen LogP) is 3.33. The van der Waals surface area contributed by atoms with Crippen LogP contribution in [0.1, 0.15) is 17.2 Å². The molecule has 0 saturated heterocycles. The number of benzene rings is 2. The summed E-state index contributed by atoms with van der Waals surface area (Å²) >= 11 is 0. The van der Waals surface area contributed by atoms with E-state index in [0.717, 1.165) is 5.75 Å². The highest BCUT2D eigenvalue weighted by molar-refractivity contribution is 5.26. The number of rotatable bonds is 5. The molecule has 0 aliphatic rings. The van der Waals surface area contributed by atoms with E-state index in [-0.39, 0.29) is 6.04 Å². The van der Waals surface area contributed by atoms with E-state index < -0.39 is 0 Å². The Balaban J connectivity index is 2.02. The topological polar surface area (TPSA) is 21.3 Å². The van der Waals surface area contributed by atoms with Gasteiger partial charge in [-0.05, 0) is 31.7 Å². The fraction of sp³-hybridized carbons (Fsp3) is 0.250. The minimum atomic E-state index is 0.213. The fourth-order valence-electron chi connectivity index (χ4n) is 1.93. The van der Waals surface area contributed by atoms with E-state index in [1.165, 1.54) is 11.1 Å². The molecule has 0 aliphatic carbocycles. The summed E-state index contributed by atoms with van der Waals surface area (Å²) in [6.45, 7) is 2.73. The second-order valence-corrected chi connectivity index (χ2v) is 4.38. The highest BCUT2D eigenvalue weighted by Crippen LogP contribution is 2.16. The third-order valence-electron chi connectivity index (χ3n) is 2.95. The van der Waals surface area contributed by atoms with Crippen LogP contribution in [-0.2, 0) is 0 Å². The van der Waals surface area contributed by atoms with Gasteiger partial charge in [0.1, 0.15) is 12.4 Å². The number of likely N-dealkylation sites (N-methyl/N-ethyl adjacent to an activating group) is 1. The molecule has 0 heterocycles. The standard InChI is InChI=1S/C16H19NO/c1-13-7-6-8-14(11-13)16(17-2)12-18-15-9-4-3-5-10-15/h3-11,16-17H,12H2,1-2H3. The summed E-state index contributed by atoms with van der Waals surface area (Å²) < 4.78 is 5.79. The molecule has 1 atom stereocenters. The van der Waals surface area contributed by atoms with Crippen LogP contribution in [0.3, 0.4) is 0 Å². The molecule has 0 aliphatic heterocycles. The quantitative estimate of drug-likeness (QED) is 0.867. The first-order valence-electron chi connectivity index (χ1n) is 6.21. The molecular formula is C16H19NO. The normalized spacial score (nSPS) is 12.1. The van der Waals surface area contributed by atoms with Crippen LogP contribution in [0.5, 0.6) is 5.75 Å². The van der Waals surface area contributed by atoms with E-state index >= 15 is 0 Å². The van der Waals surface area contributed by atoms with Crippen molar-refractivity contribution >= 4 is 0 Å². The Bertz CT molecular complexity index is 481. The zero-order valence-electron chi connectivity index (χ0n) is 10.9. The number of hydrogen-bond donors (Lipinski definition) is 1. The van der Waals surface area contributed by atoms with Gasteiger partial charge < -0.3 is 10.1 Å². The molecule has 1 unspecified atom stereocenters. The second-order valence-electron chi connectivity index (χ2n) is 4.38. The first-order valence-corrected chi connectivity index (χ1v) is 6.21. The van der Waals surface area contributed by atoms with Crippen molar-refractivity contribution in [3.05, 3.63) is 65.7 Å². The molecule has 0 fully saturated rings. The van der Waals surface area contributed by atoms with Crippen LogP contribution in [0.2, 0.25) is 0 Å². The number of ether oxygens (including phenoxy) is 1. The van der Waals surface area contributed by atoms with Crippen molar-refractivity contribution in [2.24, 2.45) is 0 Å². The summed E-state index contributed by atoms with van der Waals surface area (Å²) in [6.07, 6.45) is 0. The van der Waals surface area contributed by atoms with Gasteiger partial charge in [0.05, 0.1) is 6.04 Å². The Hall–Kier alpha value is -1.80. The molecular weight excluding hydrogens is 222 g/mol. The maximum Gasteiger partial charge on any atom is 0.119 e. The Morgan fingerprint density at radius 1 is 1.06 bits per heavy atom. The van der Waals surface area contributed by atoms with Gasteiger partial charge in [-0.3, -0.25) is 0 Å². The van der Waals surface area contributed by atoms with Gasteiger partial charge in [-0.25, -0.2) is 0 Å². The van der Waals surface area contributed by atoms with E-state index in [1.54, 1.807) is 0 Å². The number of nitrogens with one attached hydrogen (secondary N) is 1. The monoisotopic (exact) mass is 241 g/mol. The zero-order chi connectivity index (χ0) is 12.8. The van der Waals surface area contributed by atoms with Crippen LogP contribution in [0.15, 0.2) is 54.6 Å². The highest BCUT2D eigenvalue weighted by Gasteiger charge is 2.09. The molecule has 0 bridgehead atoms. The molecule has 2 aromatic carbocycles. The van der Waals surface area contributed by atoms with E-state index in [0.29, 0.717) is 6.61 Å². The molecule has 2 rings (SSSR count). The van der Waals surface area contributed by atoms with Gasteiger partial charge in [0, 0.05) is 0 Å². The summed E-state index contributed by atoms with van der Waals surface area (Å²) in [5.41, 5.74) is 2.53. The van der Waals surface area contributed by atoms with Crippen molar-refractivity contribution in [3.8, 4) is 5.75 Å². The van der Waals surface area contributed by atoms with Gasteiger partial charge in [-0.2, -0.15) is 0 Å². The van der Waals surface area contributed by atoms with E-state index in [2.05, 4.69) is 36.5 Å². The Morgan fingerprint density at radius 3 is 2.50 bits per heavy atom. The Kier molecular flexibility index (Phi) is 4.37. The van der Waals surface area contributed by atoms with Crippen LogP contribution < -0.4 is 10.1 Å². The second kappa shape index (κ2) is 6.22. The lowest BCUT2D eigenvalue weighted by atomic mass is 10.1. The van der Waals surface area contributed by atoms with Crippen molar-refractivity contribution in [1.29, 1.82) is 0 Å². The van der Waals surface area contributed by atoms with Crippen molar-refractivity contribution in [1.82, 2.24) is 5.32 Å². The summed E-state index contributed by atoms with van der Waals surface area (Å²) in [6, 6.07) is 18.6. The van der Waals surface area contributed by atoms with Crippen LogP contribution in [0, 0.1) is 6.92 Å². The lowest BCUT2D eigenvalue weighted by Crippen LogP contribution is -2.23. The molecule has 2 heteroatoms. The van der Waals surface area contributed by atoms with Crippen LogP contribution in [0.4, 0.5) is 0 Å². The molecule has 0 amide bonds. The van der Waals surface area contributed by atoms with Gasteiger partial charge in [-0.1, -0.05) is 48.0 Å². The van der Waals surface area contributed by atoms with E-state index in [9.17, 15) is 0 Å². The predicted molar refractivity (Wildman–Crippen MR) is 74.9 cm³/mol. The Labute approximate surface area is 109 Å². The summed E-state index contributed by atoms with van der Waals surface area (Å²) in [5, 5.41) is 3.29. The van der Waals surface area contributed by atoms with Gasteiger partial charge in [0.2, 0.25) is 0 Å². The summed E-state index contributed by atoms with van der Waals surface area (Å²) in [5.74, 6) is 0.908. The minimum absolute atomic E-state index is 0.213. The van der Waals surface area contributed by atoms with Gasteiger partial charge >= 0.3 is 0 Å². The van der Waals surface area contributed by atoms with Crippen LogP contribution >= 0.6 is 0 Å². The van der Waals surface area contributed by atoms with Crippen molar-refractivity contribution in [2.75, 3.05) is 13.7 Å². The summed E-state index contributed by atoms with van der Waals surface area (Å²) in [7, 11) is 1.96. The number of hydrogen-bond acceptors (Lipinski definition) is 2. The maximum absolute atomic E-state index is 5.79. The number of para-hydroxylation sites is 1. The molecule has 1 N–H and O–H groups in total. The van der Waals surface area contributed by atoms with Gasteiger partial charge in [-0.15, -0.1) is 0 Å². The first-order chi connectivity index (χ1) is 8.79. The van der Waals surface area contributed by atoms with Crippen molar-refractivity contribution in [3.63, 3.8) is 0 Å². The molecule has 2 nitrogen and oxygen atoms in total. The molecule has 0 radical (unpaired) electrons. The zero-order valence-corrected chi connectivity index (χ0v) is 10.9. The smallest absolute Gasteiger partial charge is 0.119 e. The highest BCUT2D eigenvalue weighted by atomic mass is 16.5. The number of aryl methyl sites for hydroxylation is 1. The van der Waals surface area contributed by atoms with Crippen LogP contribution in [-0.4, -0.2) is 13.7 Å². The molecule has 0 spiro atoms. The van der Waals surface area contributed by atoms with E-state index in [4.69, 9.17) is 4.74 Å². The largest absolute Gasteiger partial charge is 0.492 e. The first kappa shape index (κ1) is 12.7. The lowest BCUT2D eigenvalue weighted by Gasteiger charge is -2.18. The fourth-order valence-corrected chi connectivity index (χ4v) is 1.93. The van der Waals surface area contributed by atoms with Crippen molar-refractivity contribution in [2.45, 2.75) is 13.0 Å². The lowest BCUT2D eigenvalue weighted by molar-refractivity contribution is 0.273. The van der Waals surface area contributed by atoms with Crippen molar-refractivity contribution < 1.29 is 4.74 Å².